The lowest BCUT2D eigenvalue weighted by atomic mass is 10.1. The zero-order valence-electron chi connectivity index (χ0n) is 13.4. The third kappa shape index (κ3) is 5.13. The Balaban J connectivity index is 1.79. The van der Waals surface area contributed by atoms with Gasteiger partial charge in [0, 0.05) is 29.3 Å². The van der Waals surface area contributed by atoms with Crippen molar-refractivity contribution in [2.24, 2.45) is 0 Å². The van der Waals surface area contributed by atoms with Gasteiger partial charge in [0.2, 0.25) is 0 Å². The molecule has 1 aliphatic rings. The van der Waals surface area contributed by atoms with Crippen LogP contribution in [0.15, 0.2) is 22.7 Å². The zero-order valence-corrected chi connectivity index (χ0v) is 15.0. The number of piperidine rings is 1. The summed E-state index contributed by atoms with van der Waals surface area (Å²) in [4.78, 5) is 25.4. The Labute approximate surface area is 144 Å². The molecule has 7 heteroatoms. The van der Waals surface area contributed by atoms with Crippen LogP contribution >= 0.6 is 15.9 Å². The predicted octanol–water partition coefficient (Wildman–Crippen LogP) is 3.50. The number of aryl methyl sites for hydroxylation is 1. The van der Waals surface area contributed by atoms with E-state index in [0.29, 0.717) is 19.7 Å². The predicted molar refractivity (Wildman–Crippen MR) is 92.7 cm³/mol. The Kier molecular flexibility index (Phi) is 6.27. The smallest absolute Gasteiger partial charge is 0.409 e. The van der Waals surface area contributed by atoms with Crippen molar-refractivity contribution in [1.29, 1.82) is 0 Å². The second-order valence-corrected chi connectivity index (χ2v) is 6.43. The van der Waals surface area contributed by atoms with Crippen molar-refractivity contribution in [2.75, 3.05) is 25.0 Å². The molecule has 1 aromatic rings. The Bertz CT molecular complexity index is 572. The van der Waals surface area contributed by atoms with Gasteiger partial charge in [-0.25, -0.2) is 9.59 Å². The molecule has 6 nitrogen and oxygen atoms in total. The van der Waals surface area contributed by atoms with Gasteiger partial charge in [-0.3, -0.25) is 0 Å². The fourth-order valence-corrected chi connectivity index (χ4v) is 3.01. The highest BCUT2D eigenvalue weighted by atomic mass is 79.9. The first-order valence-electron chi connectivity index (χ1n) is 7.75. The number of likely N-dealkylation sites (tertiary alicyclic amines) is 1. The summed E-state index contributed by atoms with van der Waals surface area (Å²) in [5.41, 5.74) is 1.78. The first-order valence-corrected chi connectivity index (χ1v) is 8.54. The molecular formula is C16H22BrN3O3. The van der Waals surface area contributed by atoms with E-state index >= 15 is 0 Å². The van der Waals surface area contributed by atoms with Gasteiger partial charge in [0.05, 0.1) is 6.61 Å². The number of hydrogen-bond acceptors (Lipinski definition) is 3. The van der Waals surface area contributed by atoms with Crippen LogP contribution in [0, 0.1) is 6.92 Å². The van der Waals surface area contributed by atoms with Crippen molar-refractivity contribution in [2.45, 2.75) is 32.7 Å². The maximum Gasteiger partial charge on any atom is 0.409 e. The van der Waals surface area contributed by atoms with E-state index in [-0.39, 0.29) is 18.2 Å². The molecule has 3 amide bonds. The van der Waals surface area contributed by atoms with Crippen LogP contribution in [0.25, 0.3) is 0 Å². The molecule has 0 saturated carbocycles. The van der Waals surface area contributed by atoms with Crippen molar-refractivity contribution in [1.82, 2.24) is 10.2 Å². The average molecular weight is 384 g/mol. The first kappa shape index (κ1) is 17.6. The summed E-state index contributed by atoms with van der Waals surface area (Å²) < 4.78 is 5.96. The second-order valence-electron chi connectivity index (χ2n) is 5.52. The van der Waals surface area contributed by atoms with E-state index in [1.807, 2.05) is 25.1 Å². The fraction of sp³-hybridized carbons (Fsp3) is 0.500. The van der Waals surface area contributed by atoms with Crippen molar-refractivity contribution in [3.63, 3.8) is 0 Å². The third-order valence-electron chi connectivity index (χ3n) is 3.79. The van der Waals surface area contributed by atoms with Gasteiger partial charge in [0.1, 0.15) is 0 Å². The second kappa shape index (κ2) is 8.19. The van der Waals surface area contributed by atoms with Gasteiger partial charge in [-0.1, -0.05) is 15.9 Å². The number of nitrogens with one attached hydrogen (secondary N) is 2. The van der Waals surface area contributed by atoms with Crippen molar-refractivity contribution in [3.05, 3.63) is 28.2 Å². The summed E-state index contributed by atoms with van der Waals surface area (Å²) in [6, 6.07) is 5.55. The third-order valence-corrected chi connectivity index (χ3v) is 4.29. The van der Waals surface area contributed by atoms with E-state index in [0.717, 1.165) is 28.6 Å². The normalized spacial score (nSPS) is 15.2. The standard InChI is InChI=1S/C16H22BrN3O3/c1-3-23-16(22)20-8-6-13(7-9-20)18-15(21)19-14-5-4-12(17)10-11(14)2/h4-5,10,13H,3,6-9H2,1-2H3,(H2,18,19,21). The number of hydrogen-bond donors (Lipinski definition) is 2. The number of urea groups is 1. The Morgan fingerprint density at radius 1 is 1.35 bits per heavy atom. The van der Waals surface area contributed by atoms with Crippen molar-refractivity contribution < 1.29 is 14.3 Å². The number of anilines is 1. The summed E-state index contributed by atoms with van der Waals surface area (Å²) >= 11 is 3.40. The van der Waals surface area contributed by atoms with E-state index < -0.39 is 0 Å². The maximum absolute atomic E-state index is 12.1. The Morgan fingerprint density at radius 2 is 2.04 bits per heavy atom. The molecule has 1 fully saturated rings. The molecule has 0 atom stereocenters. The van der Waals surface area contributed by atoms with Crippen LogP contribution in [-0.4, -0.2) is 42.8 Å². The molecule has 2 rings (SSSR count). The molecular weight excluding hydrogens is 362 g/mol. The van der Waals surface area contributed by atoms with Crippen LogP contribution in [0.1, 0.15) is 25.3 Å². The molecule has 0 aromatic heterocycles. The number of amides is 3. The van der Waals surface area contributed by atoms with Crippen LogP contribution in [-0.2, 0) is 4.74 Å². The van der Waals surface area contributed by atoms with Gasteiger partial charge in [-0.05, 0) is 50.5 Å². The van der Waals surface area contributed by atoms with Gasteiger partial charge in [0.25, 0.3) is 0 Å². The minimum Gasteiger partial charge on any atom is -0.450 e. The van der Waals surface area contributed by atoms with Gasteiger partial charge in [0.15, 0.2) is 0 Å². The summed E-state index contributed by atoms with van der Waals surface area (Å²) in [6.45, 7) is 5.31. The molecule has 0 aliphatic carbocycles. The largest absolute Gasteiger partial charge is 0.450 e. The number of carbonyl (C=O) groups is 2. The van der Waals surface area contributed by atoms with Gasteiger partial charge >= 0.3 is 12.1 Å². The minimum atomic E-state index is -0.277. The zero-order chi connectivity index (χ0) is 16.8. The van der Waals surface area contributed by atoms with E-state index in [2.05, 4.69) is 26.6 Å². The number of ether oxygens (including phenoxy) is 1. The lowest BCUT2D eigenvalue weighted by Gasteiger charge is -2.31. The molecule has 0 spiro atoms. The molecule has 0 bridgehead atoms. The quantitative estimate of drug-likeness (QED) is 0.838. The van der Waals surface area contributed by atoms with Crippen molar-refractivity contribution >= 4 is 33.7 Å². The highest BCUT2D eigenvalue weighted by Crippen LogP contribution is 2.20. The molecule has 126 valence electrons. The Morgan fingerprint density at radius 3 is 2.65 bits per heavy atom. The minimum absolute atomic E-state index is 0.0661. The maximum atomic E-state index is 12.1. The summed E-state index contributed by atoms with van der Waals surface area (Å²) in [7, 11) is 0. The number of carbonyl (C=O) groups excluding carboxylic acids is 2. The first-order chi connectivity index (χ1) is 11.0. The summed E-state index contributed by atoms with van der Waals surface area (Å²) in [6.07, 6.45) is 1.18. The van der Waals surface area contributed by atoms with E-state index in [1.54, 1.807) is 11.8 Å². The van der Waals surface area contributed by atoms with Gasteiger partial charge in [-0.15, -0.1) is 0 Å². The molecule has 23 heavy (non-hydrogen) atoms. The van der Waals surface area contributed by atoms with Crippen LogP contribution in [0.2, 0.25) is 0 Å². The highest BCUT2D eigenvalue weighted by Gasteiger charge is 2.24. The van der Waals surface area contributed by atoms with Crippen LogP contribution in [0.4, 0.5) is 15.3 Å². The van der Waals surface area contributed by atoms with Crippen LogP contribution in [0.3, 0.4) is 0 Å². The number of rotatable bonds is 3. The van der Waals surface area contributed by atoms with E-state index in [4.69, 9.17) is 4.74 Å². The topological polar surface area (TPSA) is 70.7 Å². The molecule has 2 N–H and O–H groups in total. The van der Waals surface area contributed by atoms with Gasteiger partial charge < -0.3 is 20.3 Å². The molecule has 1 aliphatic heterocycles. The molecule has 1 aromatic carbocycles. The molecule has 0 unspecified atom stereocenters. The molecule has 1 saturated heterocycles. The van der Waals surface area contributed by atoms with Gasteiger partial charge in [-0.2, -0.15) is 0 Å². The van der Waals surface area contributed by atoms with E-state index in [9.17, 15) is 9.59 Å². The van der Waals surface area contributed by atoms with Crippen molar-refractivity contribution in [3.8, 4) is 0 Å². The van der Waals surface area contributed by atoms with Crippen LogP contribution < -0.4 is 10.6 Å². The summed E-state index contributed by atoms with van der Waals surface area (Å²) in [5.74, 6) is 0. The SMILES string of the molecule is CCOC(=O)N1CCC(NC(=O)Nc2ccc(Br)cc2C)CC1. The lowest BCUT2D eigenvalue weighted by molar-refractivity contribution is 0.0959. The van der Waals surface area contributed by atoms with Crippen LogP contribution in [0.5, 0.6) is 0 Å². The lowest BCUT2D eigenvalue weighted by Crippen LogP contribution is -2.47. The summed E-state index contributed by atoms with van der Waals surface area (Å²) in [5, 5.41) is 5.82. The average Bonchev–Trinajstić information content (AvgIpc) is 2.51. The highest BCUT2D eigenvalue weighted by molar-refractivity contribution is 9.10. The molecule has 0 radical (unpaired) electrons. The number of halogens is 1. The number of nitrogens with zero attached hydrogens (tertiary/aromatic N) is 1. The van der Waals surface area contributed by atoms with E-state index in [1.165, 1.54) is 0 Å². The fourth-order valence-electron chi connectivity index (χ4n) is 2.53. The Hall–Kier alpha value is -1.76. The monoisotopic (exact) mass is 383 g/mol. The number of benzene rings is 1. The molecule has 1 heterocycles.